The molecule has 0 saturated carbocycles. The standard InChI is InChI=1S/C19H21ClN4O/c1-13-5-3-4-6-15(13)23-19(25)9-10-24(2)12-18-21-16-8-7-14(20)11-17(16)22-18/h3-8,11H,9-10,12H2,1-2H3,(H,21,22)(H,23,25). The molecule has 0 unspecified atom stereocenters. The first-order valence-electron chi connectivity index (χ1n) is 8.19. The third-order valence-electron chi connectivity index (χ3n) is 4.05. The molecule has 1 aromatic heterocycles. The van der Waals surface area contributed by atoms with Gasteiger partial charge < -0.3 is 10.3 Å². The number of hydrogen-bond donors (Lipinski definition) is 2. The zero-order valence-electron chi connectivity index (χ0n) is 14.3. The molecule has 0 bridgehead atoms. The predicted octanol–water partition coefficient (Wildman–Crippen LogP) is 3.99. The minimum atomic E-state index is 0.0116. The summed E-state index contributed by atoms with van der Waals surface area (Å²) in [4.78, 5) is 22.0. The van der Waals surface area contributed by atoms with Crippen LogP contribution in [-0.4, -0.2) is 34.4 Å². The molecular weight excluding hydrogens is 336 g/mol. The van der Waals surface area contributed by atoms with Gasteiger partial charge in [0.05, 0.1) is 17.6 Å². The van der Waals surface area contributed by atoms with Crippen LogP contribution in [-0.2, 0) is 11.3 Å². The van der Waals surface area contributed by atoms with Crippen LogP contribution in [0.25, 0.3) is 11.0 Å². The largest absolute Gasteiger partial charge is 0.341 e. The van der Waals surface area contributed by atoms with Crippen molar-refractivity contribution >= 4 is 34.2 Å². The van der Waals surface area contributed by atoms with Gasteiger partial charge in [0, 0.05) is 23.7 Å². The first kappa shape index (κ1) is 17.5. The normalized spacial score (nSPS) is 11.2. The van der Waals surface area contributed by atoms with Crippen LogP contribution >= 0.6 is 11.6 Å². The van der Waals surface area contributed by atoms with Gasteiger partial charge >= 0.3 is 0 Å². The SMILES string of the molecule is Cc1ccccc1NC(=O)CCN(C)Cc1nc2ccc(Cl)cc2[nH]1. The summed E-state index contributed by atoms with van der Waals surface area (Å²) in [5, 5.41) is 3.64. The van der Waals surface area contributed by atoms with Crippen molar-refractivity contribution in [2.75, 3.05) is 18.9 Å². The van der Waals surface area contributed by atoms with Crippen LogP contribution in [0.15, 0.2) is 42.5 Å². The van der Waals surface area contributed by atoms with Crippen molar-refractivity contribution in [1.29, 1.82) is 0 Å². The van der Waals surface area contributed by atoms with E-state index in [0.717, 1.165) is 28.1 Å². The number of aromatic amines is 1. The number of aromatic nitrogens is 2. The Hall–Kier alpha value is -2.37. The lowest BCUT2D eigenvalue weighted by atomic mass is 10.2. The Balaban J connectivity index is 1.52. The molecule has 0 atom stereocenters. The number of para-hydroxylation sites is 1. The Kier molecular flexibility index (Phi) is 5.36. The summed E-state index contributed by atoms with van der Waals surface area (Å²) in [6.07, 6.45) is 0.427. The lowest BCUT2D eigenvalue weighted by Gasteiger charge is -2.15. The fraction of sp³-hybridized carbons (Fsp3) is 0.263. The van der Waals surface area contributed by atoms with Gasteiger partial charge in [-0.1, -0.05) is 29.8 Å². The van der Waals surface area contributed by atoms with Crippen molar-refractivity contribution in [1.82, 2.24) is 14.9 Å². The average molecular weight is 357 g/mol. The van der Waals surface area contributed by atoms with E-state index >= 15 is 0 Å². The van der Waals surface area contributed by atoms with Crippen molar-refractivity contribution < 1.29 is 4.79 Å². The molecule has 2 aromatic carbocycles. The predicted molar refractivity (Wildman–Crippen MR) is 102 cm³/mol. The van der Waals surface area contributed by atoms with E-state index in [9.17, 15) is 4.79 Å². The van der Waals surface area contributed by atoms with Crippen LogP contribution in [0.1, 0.15) is 17.8 Å². The van der Waals surface area contributed by atoms with E-state index in [1.54, 1.807) is 0 Å². The number of rotatable bonds is 6. The van der Waals surface area contributed by atoms with Gasteiger partial charge in [0.2, 0.25) is 5.91 Å². The molecule has 5 nitrogen and oxygen atoms in total. The molecule has 0 fully saturated rings. The maximum Gasteiger partial charge on any atom is 0.225 e. The van der Waals surface area contributed by atoms with Crippen LogP contribution in [0.2, 0.25) is 5.02 Å². The lowest BCUT2D eigenvalue weighted by molar-refractivity contribution is -0.116. The van der Waals surface area contributed by atoms with E-state index in [-0.39, 0.29) is 5.91 Å². The Morgan fingerprint density at radius 2 is 2.08 bits per heavy atom. The van der Waals surface area contributed by atoms with E-state index in [1.807, 2.05) is 56.4 Å². The molecule has 2 N–H and O–H groups in total. The molecule has 0 saturated heterocycles. The highest BCUT2D eigenvalue weighted by Gasteiger charge is 2.09. The van der Waals surface area contributed by atoms with Gasteiger partial charge in [0.1, 0.15) is 5.82 Å². The molecule has 0 aliphatic carbocycles. The molecule has 0 radical (unpaired) electrons. The third kappa shape index (κ3) is 4.59. The number of hydrogen-bond acceptors (Lipinski definition) is 3. The number of aryl methyl sites for hydroxylation is 1. The molecule has 0 spiro atoms. The first-order valence-corrected chi connectivity index (χ1v) is 8.57. The summed E-state index contributed by atoms with van der Waals surface area (Å²) in [5.74, 6) is 0.872. The van der Waals surface area contributed by atoms with E-state index in [0.29, 0.717) is 24.5 Å². The lowest BCUT2D eigenvalue weighted by Crippen LogP contribution is -2.24. The van der Waals surface area contributed by atoms with Crippen molar-refractivity contribution in [3.63, 3.8) is 0 Å². The molecular formula is C19H21ClN4O. The van der Waals surface area contributed by atoms with Crippen molar-refractivity contribution in [3.8, 4) is 0 Å². The maximum atomic E-state index is 12.1. The minimum absolute atomic E-state index is 0.0116. The number of fused-ring (bicyclic) bond motifs is 1. The summed E-state index contributed by atoms with van der Waals surface area (Å²) in [6.45, 7) is 3.27. The van der Waals surface area contributed by atoms with Gasteiger partial charge in [0.25, 0.3) is 0 Å². The number of nitrogens with zero attached hydrogens (tertiary/aromatic N) is 2. The van der Waals surface area contributed by atoms with Crippen molar-refractivity contribution in [2.24, 2.45) is 0 Å². The highest BCUT2D eigenvalue weighted by molar-refractivity contribution is 6.31. The summed E-state index contributed by atoms with van der Waals surface area (Å²) in [5.41, 5.74) is 3.74. The van der Waals surface area contributed by atoms with Crippen LogP contribution in [0.3, 0.4) is 0 Å². The number of carbonyl (C=O) groups excluding carboxylic acids is 1. The topological polar surface area (TPSA) is 61.0 Å². The number of halogens is 1. The summed E-state index contributed by atoms with van der Waals surface area (Å²) < 4.78 is 0. The smallest absolute Gasteiger partial charge is 0.225 e. The average Bonchev–Trinajstić information content (AvgIpc) is 2.96. The molecule has 1 heterocycles. The van der Waals surface area contributed by atoms with E-state index < -0.39 is 0 Å². The van der Waals surface area contributed by atoms with E-state index in [4.69, 9.17) is 11.6 Å². The molecule has 6 heteroatoms. The fourth-order valence-electron chi connectivity index (χ4n) is 2.66. The molecule has 1 amide bonds. The van der Waals surface area contributed by atoms with Gasteiger partial charge in [-0.05, 0) is 43.8 Å². The molecule has 3 aromatic rings. The zero-order valence-corrected chi connectivity index (χ0v) is 15.1. The molecule has 25 heavy (non-hydrogen) atoms. The van der Waals surface area contributed by atoms with Crippen LogP contribution in [0, 0.1) is 6.92 Å². The first-order chi connectivity index (χ1) is 12.0. The molecule has 130 valence electrons. The van der Waals surface area contributed by atoms with Gasteiger partial charge in [0.15, 0.2) is 0 Å². The van der Waals surface area contributed by atoms with Gasteiger partial charge in [-0.25, -0.2) is 4.98 Å². The highest BCUT2D eigenvalue weighted by Crippen LogP contribution is 2.18. The third-order valence-corrected chi connectivity index (χ3v) is 4.29. The second-order valence-corrected chi connectivity index (χ2v) is 6.63. The Morgan fingerprint density at radius 3 is 2.88 bits per heavy atom. The van der Waals surface area contributed by atoms with Crippen LogP contribution in [0.5, 0.6) is 0 Å². The maximum absolute atomic E-state index is 12.1. The number of carbonyl (C=O) groups is 1. The Morgan fingerprint density at radius 1 is 1.28 bits per heavy atom. The van der Waals surface area contributed by atoms with E-state index in [2.05, 4.69) is 20.2 Å². The second kappa shape index (κ2) is 7.68. The number of imidazole rings is 1. The Labute approximate surface area is 152 Å². The van der Waals surface area contributed by atoms with Crippen LogP contribution in [0.4, 0.5) is 5.69 Å². The summed E-state index contributed by atoms with van der Waals surface area (Å²) in [7, 11) is 1.97. The number of H-pyrrole nitrogens is 1. The fourth-order valence-corrected chi connectivity index (χ4v) is 2.83. The second-order valence-electron chi connectivity index (χ2n) is 6.20. The monoisotopic (exact) mass is 356 g/mol. The molecule has 0 aliphatic rings. The number of amides is 1. The Bertz CT molecular complexity index is 890. The highest BCUT2D eigenvalue weighted by atomic mass is 35.5. The van der Waals surface area contributed by atoms with E-state index in [1.165, 1.54) is 0 Å². The van der Waals surface area contributed by atoms with Gasteiger partial charge in [-0.2, -0.15) is 0 Å². The zero-order chi connectivity index (χ0) is 17.8. The van der Waals surface area contributed by atoms with Crippen LogP contribution < -0.4 is 5.32 Å². The number of benzene rings is 2. The number of anilines is 1. The van der Waals surface area contributed by atoms with Gasteiger partial charge in [-0.3, -0.25) is 9.69 Å². The summed E-state index contributed by atoms with van der Waals surface area (Å²) >= 11 is 5.99. The van der Waals surface area contributed by atoms with Crippen molar-refractivity contribution in [3.05, 3.63) is 58.9 Å². The van der Waals surface area contributed by atoms with Gasteiger partial charge in [-0.15, -0.1) is 0 Å². The minimum Gasteiger partial charge on any atom is -0.341 e. The number of nitrogens with one attached hydrogen (secondary N) is 2. The van der Waals surface area contributed by atoms with Crippen molar-refractivity contribution in [2.45, 2.75) is 19.9 Å². The summed E-state index contributed by atoms with van der Waals surface area (Å²) in [6, 6.07) is 13.4. The molecule has 3 rings (SSSR count). The molecule has 0 aliphatic heterocycles. The quantitative estimate of drug-likeness (QED) is 0.702.